The Hall–Kier alpha value is -2.77. The lowest BCUT2D eigenvalue weighted by Gasteiger charge is -2.38. The van der Waals surface area contributed by atoms with Crippen molar-refractivity contribution in [3.05, 3.63) is 35.7 Å². The van der Waals surface area contributed by atoms with Crippen LogP contribution in [0, 0.1) is 12.8 Å². The van der Waals surface area contributed by atoms with E-state index < -0.39 is 0 Å². The SMILES string of the molecule is Cc1c(NC(=O)C2CN(C(=O)c3cnc(C(C)C)nc3)C2)cnn1C. The molecule has 2 amide bonds. The Labute approximate surface area is 146 Å². The van der Waals surface area contributed by atoms with Gasteiger partial charge in [0.2, 0.25) is 5.91 Å². The predicted octanol–water partition coefficient (Wildman–Crippen LogP) is 1.35. The summed E-state index contributed by atoms with van der Waals surface area (Å²) in [5, 5.41) is 6.97. The van der Waals surface area contributed by atoms with Gasteiger partial charge in [0.25, 0.3) is 5.91 Å². The van der Waals surface area contributed by atoms with Gasteiger partial charge in [-0.25, -0.2) is 9.97 Å². The minimum Gasteiger partial charge on any atom is -0.337 e. The fraction of sp³-hybridized carbons (Fsp3) is 0.471. The van der Waals surface area contributed by atoms with Crippen molar-refractivity contribution in [3.8, 4) is 0 Å². The lowest BCUT2D eigenvalue weighted by atomic mass is 9.98. The molecule has 2 aromatic heterocycles. The van der Waals surface area contributed by atoms with Gasteiger partial charge in [-0.1, -0.05) is 13.8 Å². The quantitative estimate of drug-likeness (QED) is 0.905. The van der Waals surface area contributed by atoms with Gasteiger partial charge < -0.3 is 10.2 Å². The highest BCUT2D eigenvalue weighted by molar-refractivity contribution is 5.98. The number of aryl methyl sites for hydroxylation is 1. The number of hydrogen-bond acceptors (Lipinski definition) is 5. The second-order valence-electron chi connectivity index (χ2n) is 6.65. The highest BCUT2D eigenvalue weighted by Gasteiger charge is 2.36. The monoisotopic (exact) mass is 342 g/mol. The predicted molar refractivity (Wildman–Crippen MR) is 92.1 cm³/mol. The van der Waals surface area contributed by atoms with Crippen LogP contribution in [0.2, 0.25) is 0 Å². The Kier molecular flexibility index (Phi) is 4.52. The van der Waals surface area contributed by atoms with Gasteiger partial charge >= 0.3 is 0 Å². The van der Waals surface area contributed by atoms with Crippen LogP contribution in [0.3, 0.4) is 0 Å². The van der Waals surface area contributed by atoms with Gasteiger partial charge in [-0.2, -0.15) is 5.10 Å². The van der Waals surface area contributed by atoms with Crippen molar-refractivity contribution in [2.45, 2.75) is 26.7 Å². The van der Waals surface area contributed by atoms with Gasteiger partial charge in [-0.3, -0.25) is 14.3 Å². The zero-order chi connectivity index (χ0) is 18.1. The molecule has 0 aromatic carbocycles. The van der Waals surface area contributed by atoms with E-state index in [1.807, 2.05) is 27.8 Å². The first-order valence-electron chi connectivity index (χ1n) is 8.27. The van der Waals surface area contributed by atoms with Crippen molar-refractivity contribution in [3.63, 3.8) is 0 Å². The minimum absolute atomic E-state index is 0.0912. The molecule has 3 heterocycles. The zero-order valence-electron chi connectivity index (χ0n) is 14.9. The molecule has 1 aliphatic rings. The van der Waals surface area contributed by atoms with Crippen molar-refractivity contribution in [1.29, 1.82) is 0 Å². The molecule has 1 aliphatic heterocycles. The van der Waals surface area contributed by atoms with Crippen molar-refractivity contribution in [2.24, 2.45) is 13.0 Å². The molecule has 0 spiro atoms. The molecule has 0 saturated carbocycles. The van der Waals surface area contributed by atoms with E-state index in [0.717, 1.165) is 5.69 Å². The third kappa shape index (κ3) is 3.38. The second-order valence-corrected chi connectivity index (χ2v) is 6.65. The summed E-state index contributed by atoms with van der Waals surface area (Å²) in [4.78, 5) is 34.7. The molecular formula is C17H22N6O2. The Bertz CT molecular complexity index is 790. The minimum atomic E-state index is -0.209. The largest absolute Gasteiger partial charge is 0.337 e. The molecule has 1 fully saturated rings. The highest BCUT2D eigenvalue weighted by atomic mass is 16.2. The first-order valence-corrected chi connectivity index (χ1v) is 8.27. The number of aromatic nitrogens is 4. The third-order valence-corrected chi connectivity index (χ3v) is 4.47. The van der Waals surface area contributed by atoms with Crippen molar-refractivity contribution in [1.82, 2.24) is 24.6 Å². The number of carbonyl (C=O) groups is 2. The molecule has 1 saturated heterocycles. The van der Waals surface area contributed by atoms with E-state index in [4.69, 9.17) is 0 Å². The second kappa shape index (κ2) is 6.62. The topological polar surface area (TPSA) is 93.0 Å². The van der Waals surface area contributed by atoms with E-state index in [1.54, 1.807) is 28.2 Å². The summed E-state index contributed by atoms with van der Waals surface area (Å²) in [6.45, 7) is 6.69. The smallest absolute Gasteiger partial charge is 0.257 e. The van der Waals surface area contributed by atoms with E-state index in [-0.39, 0.29) is 23.7 Å². The lowest BCUT2D eigenvalue weighted by Crippen LogP contribution is -2.54. The van der Waals surface area contributed by atoms with Crippen LogP contribution >= 0.6 is 0 Å². The van der Waals surface area contributed by atoms with Crippen LogP contribution in [-0.2, 0) is 11.8 Å². The standard InChI is InChI=1S/C17H22N6O2/c1-10(2)15-18-5-12(6-19-15)17(25)23-8-13(9-23)16(24)21-14-7-20-22(4)11(14)3/h5-7,10,13H,8-9H2,1-4H3,(H,21,24). The average Bonchev–Trinajstić information content (AvgIpc) is 2.85. The fourth-order valence-corrected chi connectivity index (χ4v) is 2.60. The molecule has 0 radical (unpaired) electrons. The molecule has 8 heteroatoms. The van der Waals surface area contributed by atoms with Crippen LogP contribution in [0.25, 0.3) is 0 Å². The fourth-order valence-electron chi connectivity index (χ4n) is 2.60. The summed E-state index contributed by atoms with van der Waals surface area (Å²) in [5.41, 5.74) is 2.05. The molecule has 0 aliphatic carbocycles. The summed E-state index contributed by atoms with van der Waals surface area (Å²) in [5.74, 6) is 0.490. The third-order valence-electron chi connectivity index (χ3n) is 4.47. The summed E-state index contributed by atoms with van der Waals surface area (Å²) in [6.07, 6.45) is 4.73. The molecule has 2 aromatic rings. The van der Waals surface area contributed by atoms with Crippen LogP contribution in [-0.4, -0.2) is 49.6 Å². The van der Waals surface area contributed by atoms with Gasteiger partial charge in [0.15, 0.2) is 0 Å². The molecule has 132 valence electrons. The summed E-state index contributed by atoms with van der Waals surface area (Å²) < 4.78 is 1.70. The molecular weight excluding hydrogens is 320 g/mol. The maximum absolute atomic E-state index is 12.4. The van der Waals surface area contributed by atoms with Gasteiger partial charge in [0.05, 0.1) is 29.1 Å². The molecule has 0 unspecified atom stereocenters. The molecule has 0 bridgehead atoms. The zero-order valence-corrected chi connectivity index (χ0v) is 14.9. The number of anilines is 1. The normalized spacial score (nSPS) is 14.5. The van der Waals surface area contributed by atoms with Crippen molar-refractivity contribution < 1.29 is 9.59 Å². The Balaban J connectivity index is 1.55. The van der Waals surface area contributed by atoms with Crippen LogP contribution in [0.5, 0.6) is 0 Å². The average molecular weight is 342 g/mol. The summed E-state index contributed by atoms with van der Waals surface area (Å²) >= 11 is 0. The van der Waals surface area contributed by atoms with E-state index in [2.05, 4.69) is 20.4 Å². The molecule has 1 N–H and O–H groups in total. The first kappa shape index (κ1) is 17.1. The van der Waals surface area contributed by atoms with Crippen LogP contribution in [0.4, 0.5) is 5.69 Å². The van der Waals surface area contributed by atoms with Crippen molar-refractivity contribution in [2.75, 3.05) is 18.4 Å². The number of nitrogens with one attached hydrogen (secondary N) is 1. The van der Waals surface area contributed by atoms with Crippen molar-refractivity contribution >= 4 is 17.5 Å². The lowest BCUT2D eigenvalue weighted by molar-refractivity contribution is -0.123. The van der Waals surface area contributed by atoms with Gasteiger partial charge in [-0.15, -0.1) is 0 Å². The van der Waals surface area contributed by atoms with Gasteiger partial charge in [0.1, 0.15) is 5.82 Å². The molecule has 3 rings (SSSR count). The Morgan fingerprint density at radius 3 is 2.36 bits per heavy atom. The van der Waals surface area contributed by atoms with E-state index in [9.17, 15) is 9.59 Å². The summed E-state index contributed by atoms with van der Waals surface area (Å²) in [7, 11) is 1.82. The van der Waals surface area contributed by atoms with Crippen LogP contribution < -0.4 is 5.32 Å². The molecule has 25 heavy (non-hydrogen) atoms. The molecule has 8 nitrogen and oxygen atoms in total. The number of amides is 2. The number of likely N-dealkylation sites (tertiary alicyclic amines) is 1. The number of hydrogen-bond donors (Lipinski definition) is 1. The van der Waals surface area contributed by atoms with Crippen LogP contribution in [0.1, 0.15) is 41.6 Å². The Morgan fingerprint density at radius 1 is 1.20 bits per heavy atom. The van der Waals surface area contributed by atoms with Crippen LogP contribution in [0.15, 0.2) is 18.6 Å². The van der Waals surface area contributed by atoms with Gasteiger partial charge in [-0.05, 0) is 6.92 Å². The van der Waals surface area contributed by atoms with E-state index in [1.165, 1.54) is 0 Å². The summed E-state index contributed by atoms with van der Waals surface area (Å²) in [6, 6.07) is 0. The molecule has 0 atom stereocenters. The van der Waals surface area contributed by atoms with Gasteiger partial charge in [0, 0.05) is 38.4 Å². The van der Waals surface area contributed by atoms with E-state index in [0.29, 0.717) is 30.2 Å². The first-order chi connectivity index (χ1) is 11.9. The number of carbonyl (C=O) groups excluding carboxylic acids is 2. The highest BCUT2D eigenvalue weighted by Crippen LogP contribution is 2.21. The maximum atomic E-state index is 12.4. The number of nitrogens with zero attached hydrogens (tertiary/aromatic N) is 5. The van der Waals surface area contributed by atoms with E-state index >= 15 is 0 Å². The number of rotatable bonds is 4. The Morgan fingerprint density at radius 2 is 1.84 bits per heavy atom. The maximum Gasteiger partial charge on any atom is 0.257 e.